The standard InChI is InChI=1S/C13H22N4O8S/c14-6(1-2-9(19)20)11(23)16-7(4-18)13(25)17-8(5-26)12(24)15-3-10(21)22/h6-8,18,26H,1-5,14H2,(H,15,24)(H,16,23)(H,17,25)(H,19,20)(H,21,22). The SMILES string of the molecule is NC(CCC(=O)O)C(=O)NC(CO)C(=O)NC(CS)C(=O)NCC(=O)O. The summed E-state index contributed by atoms with van der Waals surface area (Å²) in [7, 11) is 0. The minimum atomic E-state index is -1.44. The average molecular weight is 394 g/mol. The Morgan fingerprint density at radius 3 is 1.96 bits per heavy atom. The van der Waals surface area contributed by atoms with Crippen LogP contribution in [0.2, 0.25) is 0 Å². The zero-order valence-corrected chi connectivity index (χ0v) is 14.6. The molecule has 0 aliphatic rings. The van der Waals surface area contributed by atoms with Gasteiger partial charge in [-0.2, -0.15) is 12.6 Å². The maximum atomic E-state index is 12.1. The van der Waals surface area contributed by atoms with E-state index < -0.39 is 60.9 Å². The molecule has 0 saturated carbocycles. The molecule has 0 radical (unpaired) electrons. The topological polar surface area (TPSA) is 208 Å². The van der Waals surface area contributed by atoms with Crippen molar-refractivity contribution in [1.29, 1.82) is 0 Å². The Morgan fingerprint density at radius 2 is 1.50 bits per heavy atom. The molecule has 0 aromatic rings. The molecule has 0 rings (SSSR count). The Bertz CT molecular complexity index is 544. The van der Waals surface area contributed by atoms with Gasteiger partial charge in [-0.3, -0.25) is 24.0 Å². The molecule has 0 aliphatic heterocycles. The quantitative estimate of drug-likeness (QED) is 0.153. The highest BCUT2D eigenvalue weighted by molar-refractivity contribution is 7.80. The van der Waals surface area contributed by atoms with Crippen molar-refractivity contribution in [2.45, 2.75) is 31.0 Å². The van der Waals surface area contributed by atoms with E-state index in [1.165, 1.54) is 0 Å². The molecule has 0 spiro atoms. The monoisotopic (exact) mass is 394 g/mol. The van der Waals surface area contributed by atoms with E-state index in [9.17, 15) is 29.1 Å². The van der Waals surface area contributed by atoms with E-state index in [0.29, 0.717) is 0 Å². The molecule has 3 unspecified atom stereocenters. The van der Waals surface area contributed by atoms with Gasteiger partial charge in [-0.25, -0.2) is 0 Å². The summed E-state index contributed by atoms with van der Waals surface area (Å²) in [5.74, 6) is -5.17. The molecule has 3 amide bonds. The minimum absolute atomic E-state index is 0.165. The zero-order chi connectivity index (χ0) is 20.3. The van der Waals surface area contributed by atoms with Crippen LogP contribution < -0.4 is 21.7 Å². The van der Waals surface area contributed by atoms with Crippen molar-refractivity contribution in [3.05, 3.63) is 0 Å². The molecule has 0 heterocycles. The van der Waals surface area contributed by atoms with Crippen LogP contribution in [0.3, 0.4) is 0 Å². The highest BCUT2D eigenvalue weighted by Gasteiger charge is 2.27. The molecule has 0 bridgehead atoms. The first-order valence-electron chi connectivity index (χ1n) is 7.41. The lowest BCUT2D eigenvalue weighted by molar-refractivity contribution is -0.139. The van der Waals surface area contributed by atoms with Crippen LogP contribution in [0.4, 0.5) is 0 Å². The number of hydrogen-bond donors (Lipinski definition) is 8. The van der Waals surface area contributed by atoms with Gasteiger partial charge in [0.2, 0.25) is 17.7 Å². The van der Waals surface area contributed by atoms with E-state index in [1.807, 2.05) is 0 Å². The van der Waals surface area contributed by atoms with Gasteiger partial charge in [-0.15, -0.1) is 0 Å². The molecule has 0 aliphatic carbocycles. The van der Waals surface area contributed by atoms with Crippen molar-refractivity contribution in [3.63, 3.8) is 0 Å². The van der Waals surface area contributed by atoms with Gasteiger partial charge < -0.3 is 37.0 Å². The summed E-state index contributed by atoms with van der Waals surface area (Å²) in [5.41, 5.74) is 5.49. The average Bonchev–Trinajstić information content (AvgIpc) is 2.59. The molecular weight excluding hydrogens is 372 g/mol. The molecule has 0 aromatic heterocycles. The number of aliphatic hydroxyl groups excluding tert-OH is 1. The first-order valence-corrected chi connectivity index (χ1v) is 8.04. The van der Waals surface area contributed by atoms with Gasteiger partial charge in [0.05, 0.1) is 12.6 Å². The largest absolute Gasteiger partial charge is 0.481 e. The fourth-order valence-electron chi connectivity index (χ4n) is 1.64. The molecule has 12 nitrogen and oxygen atoms in total. The Hall–Kier alpha value is -2.38. The number of hydrogen-bond acceptors (Lipinski definition) is 8. The molecule has 0 aromatic carbocycles. The van der Waals surface area contributed by atoms with Crippen LogP contribution in [0.15, 0.2) is 0 Å². The summed E-state index contributed by atoms with van der Waals surface area (Å²) in [6, 6.07) is -3.84. The van der Waals surface area contributed by atoms with E-state index >= 15 is 0 Å². The number of nitrogens with one attached hydrogen (secondary N) is 3. The van der Waals surface area contributed by atoms with Gasteiger partial charge in [0.25, 0.3) is 0 Å². The van der Waals surface area contributed by atoms with Crippen molar-refractivity contribution in [3.8, 4) is 0 Å². The third kappa shape index (κ3) is 9.19. The molecule has 8 N–H and O–H groups in total. The third-order valence-electron chi connectivity index (χ3n) is 3.05. The predicted octanol–water partition coefficient (Wildman–Crippen LogP) is -3.73. The molecular formula is C13H22N4O8S. The van der Waals surface area contributed by atoms with Crippen molar-refractivity contribution in [2.24, 2.45) is 5.73 Å². The Morgan fingerprint density at radius 1 is 0.923 bits per heavy atom. The van der Waals surface area contributed by atoms with Crippen molar-refractivity contribution in [2.75, 3.05) is 18.9 Å². The van der Waals surface area contributed by atoms with Crippen LogP contribution in [0, 0.1) is 0 Å². The number of rotatable bonds is 12. The van der Waals surface area contributed by atoms with Gasteiger partial charge in [0, 0.05) is 12.2 Å². The first-order chi connectivity index (χ1) is 12.1. The number of nitrogens with two attached hydrogens (primary N) is 1. The van der Waals surface area contributed by atoms with Crippen molar-refractivity contribution < 1.29 is 39.3 Å². The second-order valence-corrected chi connectivity index (χ2v) is 5.50. The second kappa shape index (κ2) is 12.1. The fraction of sp³-hybridized carbons (Fsp3) is 0.615. The zero-order valence-electron chi connectivity index (χ0n) is 13.7. The molecule has 148 valence electrons. The van der Waals surface area contributed by atoms with E-state index in [1.54, 1.807) is 0 Å². The second-order valence-electron chi connectivity index (χ2n) is 5.14. The summed E-state index contributed by atoms with van der Waals surface area (Å²) < 4.78 is 0. The maximum absolute atomic E-state index is 12.1. The summed E-state index contributed by atoms with van der Waals surface area (Å²) in [6.07, 6.45) is -0.520. The molecule has 13 heteroatoms. The van der Waals surface area contributed by atoms with Crippen LogP contribution in [0.1, 0.15) is 12.8 Å². The Balaban J connectivity index is 4.70. The smallest absolute Gasteiger partial charge is 0.322 e. The molecule has 3 atom stereocenters. The summed E-state index contributed by atoms with van der Waals surface area (Å²) in [5, 5.41) is 32.7. The van der Waals surface area contributed by atoms with Crippen molar-refractivity contribution in [1.82, 2.24) is 16.0 Å². The lowest BCUT2D eigenvalue weighted by Crippen LogP contribution is -2.57. The van der Waals surface area contributed by atoms with Gasteiger partial charge >= 0.3 is 11.9 Å². The first kappa shape index (κ1) is 23.6. The number of aliphatic carboxylic acids is 2. The summed E-state index contributed by atoms with van der Waals surface area (Å²) >= 11 is 3.87. The van der Waals surface area contributed by atoms with Crippen LogP contribution in [-0.2, 0) is 24.0 Å². The molecule has 0 fully saturated rings. The minimum Gasteiger partial charge on any atom is -0.481 e. The van der Waals surface area contributed by atoms with E-state index in [2.05, 4.69) is 28.6 Å². The summed E-state index contributed by atoms with van der Waals surface area (Å²) in [6.45, 7) is -1.46. The third-order valence-corrected chi connectivity index (χ3v) is 3.42. The Labute approximate surface area is 153 Å². The number of carboxylic acids is 2. The van der Waals surface area contributed by atoms with Crippen LogP contribution in [0.5, 0.6) is 0 Å². The number of aliphatic hydroxyl groups is 1. The van der Waals surface area contributed by atoms with E-state index in [4.69, 9.17) is 15.9 Å². The summed E-state index contributed by atoms with van der Waals surface area (Å²) in [4.78, 5) is 56.5. The number of carboxylic acid groups (broad SMARTS) is 2. The fourth-order valence-corrected chi connectivity index (χ4v) is 1.89. The number of carbonyl (C=O) groups is 5. The van der Waals surface area contributed by atoms with Crippen LogP contribution >= 0.6 is 12.6 Å². The van der Waals surface area contributed by atoms with Crippen molar-refractivity contribution >= 4 is 42.3 Å². The highest BCUT2D eigenvalue weighted by Crippen LogP contribution is 1.97. The highest BCUT2D eigenvalue weighted by atomic mass is 32.1. The number of thiol groups is 1. The van der Waals surface area contributed by atoms with Gasteiger partial charge in [0.15, 0.2) is 0 Å². The Kier molecular flexibility index (Phi) is 10.9. The van der Waals surface area contributed by atoms with Crippen LogP contribution in [0.25, 0.3) is 0 Å². The van der Waals surface area contributed by atoms with E-state index in [0.717, 1.165) is 0 Å². The lowest BCUT2D eigenvalue weighted by atomic mass is 10.1. The predicted molar refractivity (Wildman–Crippen MR) is 90.3 cm³/mol. The van der Waals surface area contributed by atoms with Gasteiger partial charge in [0.1, 0.15) is 18.6 Å². The lowest BCUT2D eigenvalue weighted by Gasteiger charge is -2.22. The molecule has 0 saturated heterocycles. The van der Waals surface area contributed by atoms with E-state index in [-0.39, 0.29) is 18.6 Å². The number of carbonyl (C=O) groups excluding carboxylic acids is 3. The molecule has 26 heavy (non-hydrogen) atoms. The van der Waals surface area contributed by atoms with Gasteiger partial charge in [-0.1, -0.05) is 0 Å². The maximum Gasteiger partial charge on any atom is 0.322 e. The van der Waals surface area contributed by atoms with Gasteiger partial charge in [-0.05, 0) is 6.42 Å². The van der Waals surface area contributed by atoms with Crippen LogP contribution in [-0.4, -0.2) is 82.0 Å². The number of amides is 3. The normalized spacial score (nSPS) is 13.8.